The summed E-state index contributed by atoms with van der Waals surface area (Å²) >= 11 is 2.01. The van der Waals surface area contributed by atoms with Gasteiger partial charge in [-0.2, -0.15) is 16.9 Å². The molecular formula is C13H25N3S. The van der Waals surface area contributed by atoms with Crippen LogP contribution in [0.15, 0.2) is 6.07 Å². The summed E-state index contributed by atoms with van der Waals surface area (Å²) in [7, 11) is 4.06. The van der Waals surface area contributed by atoms with Crippen molar-refractivity contribution in [2.75, 3.05) is 12.8 Å². The molecule has 1 aromatic rings. The lowest BCUT2D eigenvalue weighted by atomic mass is 10.2. The predicted octanol–water partition coefficient (Wildman–Crippen LogP) is 2.39. The third-order valence-corrected chi connectivity index (χ3v) is 4.12. The van der Waals surface area contributed by atoms with Crippen LogP contribution in [0.3, 0.4) is 0 Å². The number of thioether (sulfide) groups is 1. The highest BCUT2D eigenvalue weighted by atomic mass is 32.2. The lowest BCUT2D eigenvalue weighted by molar-refractivity contribution is 0.579. The van der Waals surface area contributed by atoms with E-state index in [0.29, 0.717) is 10.8 Å². The van der Waals surface area contributed by atoms with Crippen molar-refractivity contribution in [3.63, 3.8) is 0 Å². The summed E-state index contributed by atoms with van der Waals surface area (Å²) in [6, 6.07) is 2.68. The van der Waals surface area contributed by atoms with Gasteiger partial charge in [-0.05, 0) is 20.0 Å². The molecule has 1 N–H and O–H groups in total. The van der Waals surface area contributed by atoms with Gasteiger partial charge in [0.25, 0.3) is 0 Å². The van der Waals surface area contributed by atoms with Crippen molar-refractivity contribution in [3.05, 3.63) is 17.5 Å². The van der Waals surface area contributed by atoms with Crippen molar-refractivity contribution in [2.24, 2.45) is 7.05 Å². The van der Waals surface area contributed by atoms with Crippen LogP contribution in [-0.2, 0) is 13.5 Å². The van der Waals surface area contributed by atoms with Crippen molar-refractivity contribution in [1.29, 1.82) is 0 Å². The smallest absolute Gasteiger partial charge is 0.0596 e. The van der Waals surface area contributed by atoms with E-state index in [9.17, 15) is 0 Å². The molecule has 1 aromatic heterocycles. The average molecular weight is 255 g/mol. The summed E-state index contributed by atoms with van der Waals surface area (Å²) in [4.78, 5) is 0. The van der Waals surface area contributed by atoms with E-state index >= 15 is 0 Å². The Morgan fingerprint density at radius 2 is 2.12 bits per heavy atom. The van der Waals surface area contributed by atoms with Gasteiger partial charge in [0, 0.05) is 35.7 Å². The van der Waals surface area contributed by atoms with E-state index in [1.807, 2.05) is 37.5 Å². The zero-order valence-corrected chi connectivity index (χ0v) is 12.7. The first-order valence-corrected chi connectivity index (χ1v) is 7.11. The van der Waals surface area contributed by atoms with E-state index in [2.05, 4.69) is 37.3 Å². The molecule has 3 nitrogen and oxygen atoms in total. The molecule has 0 aliphatic heterocycles. The topological polar surface area (TPSA) is 29.9 Å². The molecule has 0 aliphatic carbocycles. The summed E-state index contributed by atoms with van der Waals surface area (Å²) in [5.74, 6) is 1.13. The van der Waals surface area contributed by atoms with Gasteiger partial charge in [-0.1, -0.05) is 20.8 Å². The Balaban J connectivity index is 2.55. The van der Waals surface area contributed by atoms with Gasteiger partial charge in [0.05, 0.1) is 5.69 Å². The largest absolute Gasteiger partial charge is 0.316 e. The van der Waals surface area contributed by atoms with Gasteiger partial charge < -0.3 is 5.32 Å². The molecule has 0 aliphatic rings. The zero-order chi connectivity index (χ0) is 13.1. The first kappa shape index (κ1) is 14.6. The van der Waals surface area contributed by atoms with Crippen LogP contribution in [0.4, 0.5) is 0 Å². The fourth-order valence-electron chi connectivity index (χ4n) is 1.70. The van der Waals surface area contributed by atoms with Crippen LogP contribution in [0.25, 0.3) is 0 Å². The number of hydrogen-bond donors (Lipinski definition) is 1. The van der Waals surface area contributed by atoms with Gasteiger partial charge in [-0.3, -0.25) is 4.68 Å². The molecule has 17 heavy (non-hydrogen) atoms. The van der Waals surface area contributed by atoms with E-state index in [4.69, 9.17) is 0 Å². The molecule has 98 valence electrons. The summed E-state index contributed by atoms with van der Waals surface area (Å²) in [6.45, 7) is 8.83. The molecule has 1 unspecified atom stereocenters. The number of nitrogens with one attached hydrogen (secondary N) is 1. The number of likely N-dealkylation sites (N-methyl/N-ethyl adjacent to an activating group) is 1. The Morgan fingerprint density at radius 1 is 1.47 bits per heavy atom. The normalized spacial score (nSPS) is 14.0. The first-order chi connectivity index (χ1) is 7.81. The number of hydrogen-bond acceptors (Lipinski definition) is 3. The van der Waals surface area contributed by atoms with Crippen molar-refractivity contribution in [3.8, 4) is 0 Å². The van der Waals surface area contributed by atoms with Crippen molar-refractivity contribution in [2.45, 2.75) is 44.9 Å². The summed E-state index contributed by atoms with van der Waals surface area (Å²) in [5, 5.41) is 7.79. The third-order valence-electron chi connectivity index (χ3n) is 2.68. The SMILES string of the molecule is CNC(CSC(C)(C)C)Cc1cc(C)nn1C. The minimum absolute atomic E-state index is 0.331. The van der Waals surface area contributed by atoms with Crippen LogP contribution in [0.2, 0.25) is 0 Å². The third kappa shape index (κ3) is 5.13. The number of nitrogens with zero attached hydrogens (tertiary/aromatic N) is 2. The second-order valence-electron chi connectivity index (χ2n) is 5.51. The molecule has 0 saturated carbocycles. The second kappa shape index (κ2) is 5.91. The van der Waals surface area contributed by atoms with Gasteiger partial charge in [-0.25, -0.2) is 0 Å². The standard InChI is InChI=1S/C13H25N3S/c1-10-7-12(16(6)15-10)8-11(14-5)9-17-13(2,3)4/h7,11,14H,8-9H2,1-6H3. The van der Waals surface area contributed by atoms with Crippen LogP contribution in [0, 0.1) is 6.92 Å². The number of rotatable bonds is 5. The van der Waals surface area contributed by atoms with Crippen LogP contribution >= 0.6 is 11.8 Å². The molecule has 0 fully saturated rings. The highest BCUT2D eigenvalue weighted by Crippen LogP contribution is 2.24. The molecule has 0 aromatic carbocycles. The highest BCUT2D eigenvalue weighted by Gasteiger charge is 2.16. The van der Waals surface area contributed by atoms with Crippen LogP contribution in [0.5, 0.6) is 0 Å². The van der Waals surface area contributed by atoms with E-state index in [1.54, 1.807) is 0 Å². The number of aryl methyl sites for hydroxylation is 2. The number of aromatic nitrogens is 2. The first-order valence-electron chi connectivity index (χ1n) is 6.12. The lowest BCUT2D eigenvalue weighted by Gasteiger charge is -2.22. The van der Waals surface area contributed by atoms with E-state index < -0.39 is 0 Å². The molecule has 4 heteroatoms. The van der Waals surface area contributed by atoms with E-state index in [0.717, 1.165) is 17.9 Å². The minimum Gasteiger partial charge on any atom is -0.316 e. The maximum Gasteiger partial charge on any atom is 0.0596 e. The Morgan fingerprint density at radius 3 is 2.53 bits per heavy atom. The lowest BCUT2D eigenvalue weighted by Crippen LogP contribution is -2.32. The van der Waals surface area contributed by atoms with Crippen molar-refractivity contribution in [1.82, 2.24) is 15.1 Å². The Hall–Kier alpha value is -0.480. The van der Waals surface area contributed by atoms with E-state index in [-0.39, 0.29) is 0 Å². The minimum atomic E-state index is 0.331. The second-order valence-corrected chi connectivity index (χ2v) is 7.36. The fourth-order valence-corrected chi connectivity index (χ4v) is 2.69. The van der Waals surface area contributed by atoms with Crippen molar-refractivity contribution < 1.29 is 0 Å². The zero-order valence-electron chi connectivity index (χ0n) is 11.9. The van der Waals surface area contributed by atoms with Crippen LogP contribution in [0.1, 0.15) is 32.2 Å². The molecular weight excluding hydrogens is 230 g/mol. The van der Waals surface area contributed by atoms with Gasteiger partial charge >= 0.3 is 0 Å². The fraction of sp³-hybridized carbons (Fsp3) is 0.769. The molecule has 0 amide bonds. The molecule has 1 rings (SSSR count). The van der Waals surface area contributed by atoms with Gasteiger partial charge in [-0.15, -0.1) is 0 Å². The maximum atomic E-state index is 4.39. The summed E-state index contributed by atoms with van der Waals surface area (Å²) in [5.41, 5.74) is 2.40. The van der Waals surface area contributed by atoms with Crippen molar-refractivity contribution >= 4 is 11.8 Å². The quantitative estimate of drug-likeness (QED) is 0.876. The Kier molecular flexibility index (Phi) is 5.07. The van der Waals surface area contributed by atoms with Crippen LogP contribution < -0.4 is 5.32 Å². The molecule has 1 atom stereocenters. The van der Waals surface area contributed by atoms with Gasteiger partial charge in [0.15, 0.2) is 0 Å². The van der Waals surface area contributed by atoms with Gasteiger partial charge in [0.2, 0.25) is 0 Å². The van der Waals surface area contributed by atoms with Gasteiger partial charge in [0.1, 0.15) is 0 Å². The monoisotopic (exact) mass is 255 g/mol. The molecule has 0 saturated heterocycles. The highest BCUT2D eigenvalue weighted by molar-refractivity contribution is 8.00. The molecule has 1 heterocycles. The summed E-state index contributed by atoms with van der Waals surface area (Å²) < 4.78 is 2.32. The predicted molar refractivity (Wildman–Crippen MR) is 76.7 cm³/mol. The summed E-state index contributed by atoms with van der Waals surface area (Å²) in [6.07, 6.45) is 1.04. The molecule has 0 spiro atoms. The van der Waals surface area contributed by atoms with E-state index in [1.165, 1.54) is 5.69 Å². The average Bonchev–Trinajstić information content (AvgIpc) is 2.50. The Labute approximate surface area is 109 Å². The Bertz CT molecular complexity index is 352. The molecule has 0 bridgehead atoms. The van der Waals surface area contributed by atoms with Crippen LogP contribution in [-0.4, -0.2) is 33.4 Å². The molecule has 0 radical (unpaired) electrons. The maximum absolute atomic E-state index is 4.39.